The summed E-state index contributed by atoms with van der Waals surface area (Å²) < 4.78 is 23.5. The number of benzene rings is 1. The van der Waals surface area contributed by atoms with Crippen molar-refractivity contribution in [1.29, 1.82) is 0 Å². The number of urea groups is 1. The SMILES string of the molecule is CC1CN(C(=O)NCC(C)(C)c2ccc(Cl)c(Cl)c2)CCS1(=O)=O. The van der Waals surface area contributed by atoms with E-state index in [0.29, 0.717) is 16.6 Å². The van der Waals surface area contributed by atoms with E-state index in [1.54, 1.807) is 24.0 Å². The predicted octanol–water partition coefficient (Wildman–Crippen LogP) is 3.10. The Morgan fingerprint density at radius 2 is 2.00 bits per heavy atom. The average Bonchev–Trinajstić information content (AvgIpc) is 2.50. The Morgan fingerprint density at radius 1 is 1.33 bits per heavy atom. The molecule has 1 fully saturated rings. The van der Waals surface area contributed by atoms with Gasteiger partial charge in [0.25, 0.3) is 0 Å². The standard InChI is InChI=1S/C16H22Cl2N2O3S/c1-11-9-20(6-7-24(11,22)23)15(21)19-10-16(2,3)12-4-5-13(17)14(18)8-12/h4-5,8,11H,6-7,9-10H2,1-3H3,(H,19,21). The highest BCUT2D eigenvalue weighted by molar-refractivity contribution is 7.92. The first-order valence-corrected chi connectivity index (χ1v) is 10.2. The molecule has 1 aromatic carbocycles. The summed E-state index contributed by atoms with van der Waals surface area (Å²) in [5.41, 5.74) is 0.629. The molecule has 1 atom stereocenters. The van der Waals surface area contributed by atoms with Gasteiger partial charge in [0.2, 0.25) is 0 Å². The molecule has 5 nitrogen and oxygen atoms in total. The molecular formula is C16H22Cl2N2O3S. The Balaban J connectivity index is 1.99. The van der Waals surface area contributed by atoms with E-state index >= 15 is 0 Å². The molecule has 1 N–H and O–H groups in total. The Hall–Kier alpha value is -0.980. The van der Waals surface area contributed by atoms with Gasteiger partial charge >= 0.3 is 6.03 Å². The van der Waals surface area contributed by atoms with Gasteiger partial charge < -0.3 is 10.2 Å². The smallest absolute Gasteiger partial charge is 0.317 e. The lowest BCUT2D eigenvalue weighted by atomic mass is 9.84. The van der Waals surface area contributed by atoms with E-state index in [0.717, 1.165) is 5.56 Å². The van der Waals surface area contributed by atoms with Crippen LogP contribution < -0.4 is 5.32 Å². The van der Waals surface area contributed by atoms with E-state index < -0.39 is 15.1 Å². The maximum atomic E-state index is 12.3. The molecule has 2 amide bonds. The summed E-state index contributed by atoms with van der Waals surface area (Å²) in [5, 5.41) is 3.33. The third kappa shape index (κ3) is 4.35. The van der Waals surface area contributed by atoms with Crippen LogP contribution in [0.3, 0.4) is 0 Å². The van der Waals surface area contributed by atoms with Gasteiger partial charge in [0.15, 0.2) is 9.84 Å². The highest BCUT2D eigenvalue weighted by Gasteiger charge is 2.32. The summed E-state index contributed by atoms with van der Waals surface area (Å²) in [6.07, 6.45) is 0. The minimum Gasteiger partial charge on any atom is -0.337 e. The zero-order valence-corrected chi connectivity index (χ0v) is 16.3. The van der Waals surface area contributed by atoms with Gasteiger partial charge in [-0.15, -0.1) is 0 Å². The molecule has 0 saturated carbocycles. The average molecular weight is 393 g/mol. The summed E-state index contributed by atoms with van der Waals surface area (Å²) in [6, 6.07) is 5.17. The molecule has 1 aliphatic heterocycles. The second-order valence-electron chi connectivity index (χ2n) is 6.80. The van der Waals surface area contributed by atoms with Crippen LogP contribution in [0.15, 0.2) is 18.2 Å². The number of nitrogens with zero attached hydrogens (tertiary/aromatic N) is 1. The van der Waals surface area contributed by atoms with Crippen molar-refractivity contribution in [2.45, 2.75) is 31.4 Å². The minimum absolute atomic E-state index is 0.0117. The third-order valence-corrected chi connectivity index (χ3v) is 7.27. The number of rotatable bonds is 3. The molecule has 1 aliphatic rings. The molecule has 0 aromatic heterocycles. The number of nitrogens with one attached hydrogen (secondary N) is 1. The fraction of sp³-hybridized carbons (Fsp3) is 0.562. The first-order chi connectivity index (χ1) is 11.0. The Labute approximate surface area is 153 Å². The van der Waals surface area contributed by atoms with Crippen molar-refractivity contribution in [3.05, 3.63) is 33.8 Å². The van der Waals surface area contributed by atoms with E-state index in [2.05, 4.69) is 5.32 Å². The van der Waals surface area contributed by atoms with Crippen LogP contribution in [0, 0.1) is 0 Å². The molecular weight excluding hydrogens is 371 g/mol. The number of carbonyl (C=O) groups is 1. The van der Waals surface area contributed by atoms with Gasteiger partial charge in [-0.25, -0.2) is 13.2 Å². The van der Waals surface area contributed by atoms with Crippen LogP contribution in [-0.4, -0.2) is 50.0 Å². The molecule has 1 heterocycles. The summed E-state index contributed by atoms with van der Waals surface area (Å²) in [6.45, 7) is 6.48. The highest BCUT2D eigenvalue weighted by atomic mass is 35.5. The number of hydrogen-bond acceptors (Lipinski definition) is 3. The van der Waals surface area contributed by atoms with Gasteiger partial charge in [0.1, 0.15) is 0 Å². The first-order valence-electron chi connectivity index (χ1n) is 7.73. The van der Waals surface area contributed by atoms with Crippen molar-refractivity contribution < 1.29 is 13.2 Å². The molecule has 8 heteroatoms. The van der Waals surface area contributed by atoms with Crippen molar-refractivity contribution in [3.8, 4) is 0 Å². The molecule has 0 aliphatic carbocycles. The van der Waals surface area contributed by atoms with Crippen LogP contribution in [-0.2, 0) is 15.3 Å². The van der Waals surface area contributed by atoms with Crippen LogP contribution in [0.2, 0.25) is 10.0 Å². The molecule has 0 bridgehead atoms. The van der Waals surface area contributed by atoms with Crippen molar-refractivity contribution in [2.24, 2.45) is 0 Å². The quantitative estimate of drug-likeness (QED) is 0.858. The fourth-order valence-electron chi connectivity index (χ4n) is 2.57. The van der Waals surface area contributed by atoms with Gasteiger partial charge in [0.05, 0.1) is 21.0 Å². The van der Waals surface area contributed by atoms with Gasteiger partial charge in [-0.2, -0.15) is 0 Å². The van der Waals surface area contributed by atoms with Crippen LogP contribution in [0.5, 0.6) is 0 Å². The molecule has 0 spiro atoms. The number of halogens is 2. The molecule has 24 heavy (non-hydrogen) atoms. The minimum atomic E-state index is -3.07. The zero-order chi connectivity index (χ0) is 18.1. The molecule has 1 aromatic rings. The van der Waals surface area contributed by atoms with Crippen LogP contribution in [0.4, 0.5) is 4.79 Å². The number of sulfone groups is 1. The first kappa shape index (κ1) is 19.3. The van der Waals surface area contributed by atoms with Gasteiger partial charge in [-0.3, -0.25) is 0 Å². The highest BCUT2D eigenvalue weighted by Crippen LogP contribution is 2.29. The maximum absolute atomic E-state index is 12.3. The lowest BCUT2D eigenvalue weighted by Crippen LogP contribution is -2.52. The number of hydrogen-bond donors (Lipinski definition) is 1. The molecule has 1 saturated heterocycles. The van der Waals surface area contributed by atoms with Crippen molar-refractivity contribution in [2.75, 3.05) is 25.4 Å². The van der Waals surface area contributed by atoms with Gasteiger partial charge in [-0.05, 0) is 24.6 Å². The van der Waals surface area contributed by atoms with Crippen LogP contribution >= 0.6 is 23.2 Å². The van der Waals surface area contributed by atoms with E-state index in [9.17, 15) is 13.2 Å². The lowest BCUT2D eigenvalue weighted by Gasteiger charge is -2.33. The summed E-state index contributed by atoms with van der Waals surface area (Å²) >= 11 is 12.0. The second-order valence-corrected chi connectivity index (χ2v) is 10.1. The lowest BCUT2D eigenvalue weighted by molar-refractivity contribution is 0.196. The zero-order valence-electron chi connectivity index (χ0n) is 14.0. The summed E-state index contributed by atoms with van der Waals surface area (Å²) in [4.78, 5) is 13.9. The summed E-state index contributed by atoms with van der Waals surface area (Å²) in [7, 11) is -3.07. The topological polar surface area (TPSA) is 66.5 Å². The summed E-state index contributed by atoms with van der Waals surface area (Å²) in [5.74, 6) is 0.0117. The van der Waals surface area contributed by atoms with Crippen LogP contribution in [0.1, 0.15) is 26.3 Å². The largest absolute Gasteiger partial charge is 0.337 e. The maximum Gasteiger partial charge on any atom is 0.317 e. The molecule has 0 radical (unpaired) electrons. The second kappa shape index (κ2) is 7.10. The van der Waals surface area contributed by atoms with Gasteiger partial charge in [0, 0.05) is 25.0 Å². The molecule has 134 valence electrons. The molecule has 2 rings (SSSR count). The Kier molecular flexibility index (Phi) is 5.72. The van der Waals surface area contributed by atoms with Gasteiger partial charge in [-0.1, -0.05) is 43.1 Å². The third-order valence-electron chi connectivity index (χ3n) is 4.41. The van der Waals surface area contributed by atoms with Crippen molar-refractivity contribution in [3.63, 3.8) is 0 Å². The normalized spacial score (nSPS) is 20.7. The van der Waals surface area contributed by atoms with Crippen LogP contribution in [0.25, 0.3) is 0 Å². The Bertz CT molecular complexity index is 735. The van der Waals surface area contributed by atoms with E-state index in [1.807, 2.05) is 19.9 Å². The monoisotopic (exact) mass is 392 g/mol. The predicted molar refractivity (Wildman–Crippen MR) is 97.7 cm³/mol. The molecule has 1 unspecified atom stereocenters. The van der Waals surface area contributed by atoms with Crippen molar-refractivity contribution >= 4 is 39.1 Å². The van der Waals surface area contributed by atoms with E-state index in [-0.39, 0.29) is 30.3 Å². The Morgan fingerprint density at radius 3 is 2.58 bits per heavy atom. The number of carbonyl (C=O) groups excluding carboxylic acids is 1. The van der Waals surface area contributed by atoms with E-state index in [1.165, 1.54) is 0 Å². The number of amides is 2. The fourth-order valence-corrected chi connectivity index (χ4v) is 4.15. The van der Waals surface area contributed by atoms with Crippen molar-refractivity contribution in [1.82, 2.24) is 10.2 Å². The van der Waals surface area contributed by atoms with E-state index in [4.69, 9.17) is 23.2 Å².